The lowest BCUT2D eigenvalue weighted by Crippen LogP contribution is -2.67. The van der Waals surface area contributed by atoms with Crippen molar-refractivity contribution in [2.45, 2.75) is 31.1 Å². The number of nitrogens with zero attached hydrogens (tertiary/aromatic N) is 1. The van der Waals surface area contributed by atoms with E-state index in [0.29, 0.717) is 18.5 Å². The molecule has 3 aliphatic heterocycles. The van der Waals surface area contributed by atoms with E-state index in [1.54, 1.807) is 0 Å². The van der Waals surface area contributed by atoms with Crippen molar-refractivity contribution >= 4 is 5.91 Å². The normalized spacial score (nSPS) is 47.0. The van der Waals surface area contributed by atoms with E-state index < -0.39 is 6.17 Å². The van der Waals surface area contributed by atoms with Crippen molar-refractivity contribution in [3.05, 3.63) is 0 Å². The van der Waals surface area contributed by atoms with Gasteiger partial charge in [-0.25, -0.2) is 4.39 Å². The molecule has 13 heavy (non-hydrogen) atoms. The van der Waals surface area contributed by atoms with Crippen LogP contribution in [0, 0.1) is 5.92 Å². The summed E-state index contributed by atoms with van der Waals surface area (Å²) in [4.78, 5) is 13.4. The van der Waals surface area contributed by atoms with Crippen LogP contribution in [0.3, 0.4) is 0 Å². The van der Waals surface area contributed by atoms with Crippen molar-refractivity contribution in [3.63, 3.8) is 0 Å². The van der Waals surface area contributed by atoms with Gasteiger partial charge < -0.3 is 10.2 Å². The third kappa shape index (κ3) is 1.15. The van der Waals surface area contributed by atoms with Crippen LogP contribution in [0.25, 0.3) is 0 Å². The minimum atomic E-state index is -0.848. The monoisotopic (exact) mass is 184 g/mol. The van der Waals surface area contributed by atoms with Gasteiger partial charge >= 0.3 is 0 Å². The van der Waals surface area contributed by atoms with Gasteiger partial charge in [-0.05, 0) is 12.8 Å². The van der Waals surface area contributed by atoms with E-state index >= 15 is 0 Å². The maximum atomic E-state index is 12.6. The first-order valence-corrected chi connectivity index (χ1v) is 4.93. The zero-order chi connectivity index (χ0) is 9.00. The molecular weight excluding hydrogens is 171 g/mol. The van der Waals surface area contributed by atoms with Crippen LogP contribution in [-0.2, 0) is 4.79 Å². The number of carbonyl (C=O) groups is 1. The lowest BCUT2D eigenvalue weighted by Gasteiger charge is -2.48. The van der Waals surface area contributed by atoms with Crippen LogP contribution in [0.2, 0.25) is 0 Å². The number of halogens is 1. The number of piperazine rings is 1. The van der Waals surface area contributed by atoms with E-state index in [1.807, 2.05) is 4.90 Å². The third-order valence-corrected chi connectivity index (χ3v) is 3.26. The topological polar surface area (TPSA) is 32.3 Å². The summed E-state index contributed by atoms with van der Waals surface area (Å²) in [5.74, 6) is -0.249. The summed E-state index contributed by atoms with van der Waals surface area (Å²) in [7, 11) is 0. The number of alkyl halides is 1. The molecule has 0 spiro atoms. The van der Waals surface area contributed by atoms with Crippen LogP contribution in [0.4, 0.5) is 4.39 Å². The van der Waals surface area contributed by atoms with Crippen LogP contribution in [-0.4, -0.2) is 42.2 Å². The average molecular weight is 184 g/mol. The molecule has 0 radical (unpaired) electrons. The number of piperidine rings is 1. The van der Waals surface area contributed by atoms with Gasteiger partial charge in [-0.3, -0.25) is 4.79 Å². The van der Waals surface area contributed by atoms with Gasteiger partial charge in [0, 0.05) is 25.2 Å². The summed E-state index contributed by atoms with van der Waals surface area (Å²) in [5, 5.41) is 3.35. The van der Waals surface area contributed by atoms with E-state index in [-0.39, 0.29) is 11.8 Å². The number of amides is 1. The molecule has 2 unspecified atom stereocenters. The number of hydrogen-bond acceptors (Lipinski definition) is 2. The second kappa shape index (κ2) is 2.44. The molecule has 3 saturated heterocycles. The lowest BCUT2D eigenvalue weighted by atomic mass is 9.91. The van der Waals surface area contributed by atoms with Gasteiger partial charge in [0.15, 0.2) is 0 Å². The quantitative estimate of drug-likeness (QED) is 0.618. The van der Waals surface area contributed by atoms with Gasteiger partial charge in [0.25, 0.3) is 0 Å². The van der Waals surface area contributed by atoms with Crippen molar-refractivity contribution in [1.82, 2.24) is 10.2 Å². The summed E-state index contributed by atoms with van der Waals surface area (Å²) in [5.41, 5.74) is 0. The van der Waals surface area contributed by atoms with Gasteiger partial charge in [0.2, 0.25) is 5.91 Å². The molecule has 3 heterocycles. The molecule has 4 rings (SSSR count). The fraction of sp³-hybridized carbons (Fsp3) is 0.889. The molecule has 4 aliphatic rings. The number of hydrogen-bond donors (Lipinski definition) is 1. The molecule has 1 amide bonds. The Bertz CT molecular complexity index is 242. The summed E-state index contributed by atoms with van der Waals surface area (Å²) in [6.07, 6.45) is 0.796. The van der Waals surface area contributed by atoms with Crippen molar-refractivity contribution in [2.75, 3.05) is 13.1 Å². The predicted octanol–water partition coefficient (Wildman–Crippen LogP) is -0.0829. The summed E-state index contributed by atoms with van der Waals surface area (Å²) in [6.45, 7) is 1.58. The SMILES string of the molecule is O=C([C@H]1C[C@@H]1F)N1CC2CC(C1)N2. The van der Waals surface area contributed by atoms with Gasteiger partial charge in [-0.1, -0.05) is 0 Å². The molecule has 1 saturated carbocycles. The number of fused-ring (bicyclic) bond motifs is 2. The van der Waals surface area contributed by atoms with Crippen molar-refractivity contribution in [2.24, 2.45) is 5.92 Å². The molecule has 0 aromatic heterocycles. The number of carbonyl (C=O) groups excluding carboxylic acids is 1. The molecule has 3 nitrogen and oxygen atoms in total. The van der Waals surface area contributed by atoms with Crippen LogP contribution in [0.15, 0.2) is 0 Å². The van der Waals surface area contributed by atoms with Crippen LogP contribution in [0.5, 0.6) is 0 Å². The molecule has 1 N–H and O–H groups in total. The summed E-state index contributed by atoms with van der Waals surface area (Å²) in [6, 6.07) is 0.971. The highest BCUT2D eigenvalue weighted by atomic mass is 19.1. The molecule has 2 bridgehead atoms. The Kier molecular flexibility index (Phi) is 1.45. The van der Waals surface area contributed by atoms with Gasteiger partial charge in [-0.15, -0.1) is 0 Å². The molecule has 1 aliphatic carbocycles. The Labute approximate surface area is 76.3 Å². The second-order valence-electron chi connectivity index (χ2n) is 4.40. The first-order valence-electron chi connectivity index (χ1n) is 4.93. The fourth-order valence-corrected chi connectivity index (χ4v) is 2.35. The smallest absolute Gasteiger partial charge is 0.228 e. The van der Waals surface area contributed by atoms with Crippen LogP contribution in [0.1, 0.15) is 12.8 Å². The third-order valence-electron chi connectivity index (χ3n) is 3.26. The first kappa shape index (κ1) is 7.74. The zero-order valence-corrected chi connectivity index (χ0v) is 7.37. The molecular formula is C9H13FN2O. The minimum Gasteiger partial charge on any atom is -0.339 e. The Morgan fingerprint density at radius 3 is 2.31 bits per heavy atom. The van der Waals surface area contributed by atoms with Crippen LogP contribution < -0.4 is 5.32 Å². The zero-order valence-electron chi connectivity index (χ0n) is 7.37. The maximum absolute atomic E-state index is 12.6. The standard InChI is InChI=1S/C9H13FN2O/c10-8-2-7(8)9(13)12-3-5-1-6(4-12)11-5/h5-8,11H,1-4H2/t5?,6?,7-,8-/m0/s1. The van der Waals surface area contributed by atoms with E-state index in [1.165, 1.54) is 6.42 Å². The summed E-state index contributed by atoms with van der Waals surface area (Å²) >= 11 is 0. The van der Waals surface area contributed by atoms with E-state index in [2.05, 4.69) is 5.32 Å². The highest BCUT2D eigenvalue weighted by molar-refractivity contribution is 5.82. The number of rotatable bonds is 1. The van der Waals surface area contributed by atoms with Crippen LogP contribution >= 0.6 is 0 Å². The maximum Gasteiger partial charge on any atom is 0.228 e. The predicted molar refractivity (Wildman–Crippen MR) is 44.9 cm³/mol. The van der Waals surface area contributed by atoms with Gasteiger partial charge in [0.05, 0.1) is 5.92 Å². The van der Waals surface area contributed by atoms with Crippen molar-refractivity contribution < 1.29 is 9.18 Å². The summed E-state index contributed by atoms with van der Waals surface area (Å²) < 4.78 is 12.6. The van der Waals surface area contributed by atoms with Gasteiger partial charge in [-0.2, -0.15) is 0 Å². The highest BCUT2D eigenvalue weighted by Gasteiger charge is 2.48. The molecule has 0 aromatic carbocycles. The first-order chi connectivity index (χ1) is 6.24. The number of nitrogens with one attached hydrogen (secondary N) is 1. The molecule has 0 aromatic rings. The average Bonchev–Trinajstić information content (AvgIpc) is 2.80. The minimum absolute atomic E-state index is 0.0451. The Morgan fingerprint density at radius 1 is 1.31 bits per heavy atom. The van der Waals surface area contributed by atoms with E-state index in [0.717, 1.165) is 13.1 Å². The van der Waals surface area contributed by atoms with Crippen molar-refractivity contribution in [1.29, 1.82) is 0 Å². The Hall–Kier alpha value is -0.640. The van der Waals surface area contributed by atoms with Gasteiger partial charge in [0.1, 0.15) is 6.17 Å². The van der Waals surface area contributed by atoms with E-state index in [4.69, 9.17) is 0 Å². The molecule has 4 fully saturated rings. The van der Waals surface area contributed by atoms with E-state index in [9.17, 15) is 9.18 Å². The fourth-order valence-electron chi connectivity index (χ4n) is 2.35. The second-order valence-corrected chi connectivity index (χ2v) is 4.40. The molecule has 72 valence electrons. The Morgan fingerprint density at radius 2 is 1.85 bits per heavy atom. The largest absolute Gasteiger partial charge is 0.339 e. The highest BCUT2D eigenvalue weighted by Crippen LogP contribution is 2.36. The molecule has 4 atom stereocenters. The molecule has 4 heteroatoms. The lowest BCUT2D eigenvalue weighted by molar-refractivity contribution is -0.137. The Balaban J connectivity index is 1.63. The van der Waals surface area contributed by atoms with Crippen molar-refractivity contribution in [3.8, 4) is 0 Å².